The van der Waals surface area contributed by atoms with Crippen LogP contribution in [0.15, 0.2) is 92.4 Å². The lowest BCUT2D eigenvalue weighted by Gasteiger charge is -2.21. The predicted molar refractivity (Wildman–Crippen MR) is 234 cm³/mol. The van der Waals surface area contributed by atoms with E-state index in [0.29, 0.717) is 48.6 Å². The summed E-state index contributed by atoms with van der Waals surface area (Å²) in [5, 5.41) is 12.9. The number of rotatable bonds is 7. The van der Waals surface area contributed by atoms with Gasteiger partial charge in [-0.05, 0) is 75.8 Å². The molecule has 63 heavy (non-hydrogen) atoms. The van der Waals surface area contributed by atoms with Gasteiger partial charge in [0.15, 0.2) is 11.0 Å². The van der Waals surface area contributed by atoms with E-state index < -0.39 is 19.1 Å². The molecule has 0 radical (unpaired) electrons. The Balaban J connectivity index is 0.000000147. The summed E-state index contributed by atoms with van der Waals surface area (Å²) in [5.74, 6) is 3.49. The summed E-state index contributed by atoms with van der Waals surface area (Å²) < 4.78 is 63.1. The second kappa shape index (κ2) is 19.1. The fourth-order valence-corrected chi connectivity index (χ4v) is 11.1. The van der Waals surface area contributed by atoms with Crippen molar-refractivity contribution < 1.29 is 26.3 Å². The molecule has 0 bridgehead atoms. The molecule has 4 aromatic heterocycles. The van der Waals surface area contributed by atoms with Crippen molar-refractivity contribution in [3.05, 3.63) is 117 Å². The number of imidazole rings is 2. The van der Waals surface area contributed by atoms with Crippen LogP contribution in [-0.2, 0) is 28.5 Å². The van der Waals surface area contributed by atoms with Crippen molar-refractivity contribution >= 4 is 40.8 Å². The van der Waals surface area contributed by atoms with Gasteiger partial charge >= 0.3 is 0 Å². The van der Waals surface area contributed by atoms with Crippen molar-refractivity contribution in [3.63, 3.8) is 0 Å². The van der Waals surface area contributed by atoms with E-state index in [9.17, 15) is 26.4 Å². The van der Waals surface area contributed by atoms with E-state index in [1.807, 2.05) is 6.92 Å². The van der Waals surface area contributed by atoms with Gasteiger partial charge in [-0.25, -0.2) is 35.8 Å². The number of nitrogens with zero attached hydrogens (tertiary/aromatic N) is 7. The third kappa shape index (κ3) is 9.81. The van der Waals surface area contributed by atoms with Crippen LogP contribution in [0.3, 0.4) is 0 Å². The molecule has 8 heterocycles. The summed E-state index contributed by atoms with van der Waals surface area (Å²) in [5.41, 5.74) is 0.579. The third-order valence-electron chi connectivity index (χ3n) is 12.3. The number of ether oxygens (including phenoxy) is 2. The second-order valence-corrected chi connectivity index (χ2v) is 20.9. The number of sulfonamides is 1. The molecule has 4 fully saturated rings. The lowest BCUT2D eigenvalue weighted by Crippen LogP contribution is -2.29. The molecular formula is C42H51ClN10O8S2. The molecule has 6 aromatic rings. The monoisotopic (exact) mass is 922 g/mol. The lowest BCUT2D eigenvalue weighted by molar-refractivity contribution is 0.0831. The van der Waals surface area contributed by atoms with Crippen LogP contribution in [0, 0.1) is 5.92 Å². The number of aromatic amines is 2. The second-order valence-electron chi connectivity index (χ2n) is 16.4. The van der Waals surface area contributed by atoms with E-state index in [1.165, 1.54) is 16.4 Å². The summed E-state index contributed by atoms with van der Waals surface area (Å²) in [7, 11) is -2.10. The molecule has 10 rings (SSSR count). The van der Waals surface area contributed by atoms with E-state index in [4.69, 9.17) is 30.4 Å². The number of benzene rings is 2. The molecule has 3 N–H and O–H groups in total. The molecule has 18 nitrogen and oxygen atoms in total. The molecule has 4 unspecified atom stereocenters. The van der Waals surface area contributed by atoms with Gasteiger partial charge in [0.2, 0.25) is 10.0 Å². The number of halogens is 1. The van der Waals surface area contributed by atoms with Crippen LogP contribution in [-0.4, -0.2) is 112 Å². The van der Waals surface area contributed by atoms with Gasteiger partial charge < -0.3 is 24.8 Å². The van der Waals surface area contributed by atoms with Crippen LogP contribution >= 0.6 is 10.7 Å². The van der Waals surface area contributed by atoms with Gasteiger partial charge in [0.1, 0.15) is 23.3 Å². The molecule has 4 aliphatic rings. The fraction of sp³-hybridized carbons (Fsp3) is 0.476. The number of aromatic nitrogens is 8. The first kappa shape index (κ1) is 44.8. The standard InChI is InChI=1S/C21H25N5O4S.C15H21N5O2.C6H5ClO2S/c1-14-12-25(31(28,29)16-5-3-2-4-6-16)13-17(14)19-23-21(27)18-11-22-20(26(18)24-19)15-7-9-30-10-8-15;1-9-11(2-5-16-9)13-18-15(21)12-8-17-14(20(12)19-13)10-3-6-22-7-4-10;7-10(8,9)6-4-2-1-3-5-6/h2-6,11,14-15,17H,7-10,12-13H2,1H3,(H,23,24,27);8-11,16H,2-7H2,1H3,(H,18,19,21);1-5H. The van der Waals surface area contributed by atoms with E-state index >= 15 is 0 Å². The Hall–Kier alpha value is -4.83. The molecule has 0 saturated carbocycles. The normalized spacial score (nSPS) is 22.7. The molecule has 4 saturated heterocycles. The Morgan fingerprint density at radius 3 is 1.57 bits per heavy atom. The zero-order valence-corrected chi connectivity index (χ0v) is 37.4. The maximum absolute atomic E-state index is 13.1. The minimum absolute atomic E-state index is 0.00846. The van der Waals surface area contributed by atoms with Crippen LogP contribution in [0.4, 0.5) is 0 Å². The highest BCUT2D eigenvalue weighted by molar-refractivity contribution is 8.13. The molecule has 0 amide bonds. The number of nitrogens with one attached hydrogen (secondary N) is 3. The first-order chi connectivity index (χ1) is 30.3. The summed E-state index contributed by atoms with van der Waals surface area (Å²) in [6.45, 7) is 8.57. The van der Waals surface area contributed by atoms with E-state index in [-0.39, 0.29) is 51.1 Å². The van der Waals surface area contributed by atoms with Crippen molar-refractivity contribution in [3.8, 4) is 0 Å². The number of hydrogen-bond donors (Lipinski definition) is 3. The van der Waals surface area contributed by atoms with Gasteiger partial charge in [-0.1, -0.05) is 43.3 Å². The van der Waals surface area contributed by atoms with Crippen LogP contribution < -0.4 is 16.4 Å². The van der Waals surface area contributed by atoms with Crippen LogP contribution in [0.5, 0.6) is 0 Å². The Labute approximate surface area is 368 Å². The Morgan fingerprint density at radius 1 is 0.651 bits per heavy atom. The van der Waals surface area contributed by atoms with E-state index in [0.717, 1.165) is 69.3 Å². The first-order valence-corrected chi connectivity index (χ1v) is 24.9. The topological polar surface area (TPSA) is 228 Å². The largest absolute Gasteiger partial charge is 0.381 e. The quantitative estimate of drug-likeness (QED) is 0.192. The molecule has 336 valence electrons. The minimum atomic E-state index is -3.60. The predicted octanol–water partition coefficient (Wildman–Crippen LogP) is 4.13. The smallest absolute Gasteiger partial charge is 0.276 e. The molecule has 21 heteroatoms. The minimum Gasteiger partial charge on any atom is -0.381 e. The third-order valence-corrected chi connectivity index (χ3v) is 15.5. The average molecular weight is 924 g/mol. The molecule has 0 aliphatic carbocycles. The Kier molecular flexibility index (Phi) is 13.6. The van der Waals surface area contributed by atoms with Gasteiger partial charge in [-0.2, -0.15) is 14.5 Å². The SMILES string of the molecule is CC1CN(S(=O)(=O)c2ccccc2)CC1c1nn2c(C3CCOCC3)ncc2c(=O)[nH]1.CC1NCCC1c1nn2c(C3CCOCC3)ncc2c(=O)[nH]1.O=S(=O)(Cl)c1ccccc1. The van der Waals surface area contributed by atoms with E-state index in [2.05, 4.69) is 32.2 Å². The van der Waals surface area contributed by atoms with Crippen molar-refractivity contribution in [2.75, 3.05) is 46.1 Å². The summed E-state index contributed by atoms with van der Waals surface area (Å²) in [6.07, 6.45) is 7.74. The van der Waals surface area contributed by atoms with E-state index in [1.54, 1.807) is 70.0 Å². The average Bonchev–Trinajstić information content (AvgIpc) is 4.11. The number of fused-ring (bicyclic) bond motifs is 2. The molecular weight excluding hydrogens is 872 g/mol. The first-order valence-electron chi connectivity index (χ1n) is 21.2. The molecule has 0 spiro atoms. The van der Waals surface area contributed by atoms with Crippen LogP contribution in [0.1, 0.15) is 92.9 Å². The molecule has 2 aromatic carbocycles. The number of hydrogen-bond acceptors (Lipinski definition) is 13. The highest BCUT2D eigenvalue weighted by atomic mass is 35.7. The highest BCUT2D eigenvalue weighted by Crippen LogP contribution is 2.34. The summed E-state index contributed by atoms with van der Waals surface area (Å²) in [4.78, 5) is 40.3. The summed E-state index contributed by atoms with van der Waals surface area (Å²) >= 11 is 0. The maximum atomic E-state index is 13.1. The van der Waals surface area contributed by atoms with Gasteiger partial charge in [0.25, 0.3) is 20.2 Å². The number of H-pyrrole nitrogens is 2. The van der Waals surface area contributed by atoms with Gasteiger partial charge in [0.05, 0.1) is 22.2 Å². The fourth-order valence-electron chi connectivity index (χ4n) is 8.70. The molecule has 4 atom stereocenters. The van der Waals surface area contributed by atoms with Crippen LogP contribution in [0.2, 0.25) is 0 Å². The maximum Gasteiger partial charge on any atom is 0.276 e. The Bertz CT molecular complexity index is 2860. The highest BCUT2D eigenvalue weighted by Gasteiger charge is 2.40. The molecule has 4 aliphatic heterocycles. The zero-order chi connectivity index (χ0) is 44.3. The van der Waals surface area contributed by atoms with Gasteiger partial charge in [-0.15, -0.1) is 0 Å². The Morgan fingerprint density at radius 2 is 1.13 bits per heavy atom. The van der Waals surface area contributed by atoms with Crippen molar-refractivity contribution in [2.45, 2.75) is 85.5 Å². The van der Waals surface area contributed by atoms with Crippen molar-refractivity contribution in [2.24, 2.45) is 5.92 Å². The van der Waals surface area contributed by atoms with Crippen molar-refractivity contribution in [1.29, 1.82) is 0 Å². The van der Waals surface area contributed by atoms with Gasteiger partial charge in [0, 0.05) is 79.9 Å². The lowest BCUT2D eigenvalue weighted by atomic mass is 9.97. The van der Waals surface area contributed by atoms with Gasteiger partial charge in [-0.3, -0.25) is 9.59 Å². The van der Waals surface area contributed by atoms with Crippen molar-refractivity contribution in [1.82, 2.24) is 48.8 Å². The zero-order valence-electron chi connectivity index (χ0n) is 35.0. The summed E-state index contributed by atoms with van der Waals surface area (Å²) in [6, 6.07) is 16.6. The van der Waals surface area contributed by atoms with Crippen LogP contribution in [0.25, 0.3) is 11.0 Å².